The third kappa shape index (κ3) is 4.19. The number of aryl methyl sites for hydroxylation is 1. The number of nitrogen functional groups attached to an aromatic ring is 1. The van der Waals surface area contributed by atoms with E-state index in [-0.39, 0.29) is 6.61 Å². The molecule has 160 valence electrons. The molecule has 10 nitrogen and oxygen atoms in total. The van der Waals surface area contributed by atoms with Crippen molar-refractivity contribution >= 4 is 17.0 Å². The lowest BCUT2D eigenvalue weighted by molar-refractivity contribution is 0.302. The summed E-state index contributed by atoms with van der Waals surface area (Å²) in [6.07, 6.45) is 2.37. The molecule has 1 fully saturated rings. The Kier molecular flexibility index (Phi) is 5.21. The molecule has 31 heavy (non-hydrogen) atoms. The quantitative estimate of drug-likeness (QED) is 0.432. The van der Waals surface area contributed by atoms with Crippen molar-refractivity contribution in [2.24, 2.45) is 0 Å². The molecule has 1 aliphatic rings. The van der Waals surface area contributed by atoms with Crippen LogP contribution < -0.4 is 15.8 Å². The first-order valence-electron chi connectivity index (χ1n) is 10.5. The van der Waals surface area contributed by atoms with Gasteiger partial charge in [-0.25, -0.2) is 10.1 Å². The molecule has 1 saturated heterocycles. The Hall–Kier alpha value is -3.53. The fourth-order valence-corrected chi connectivity index (χ4v) is 4.02. The first-order chi connectivity index (χ1) is 15.2. The van der Waals surface area contributed by atoms with Crippen LogP contribution in [-0.4, -0.2) is 48.5 Å². The summed E-state index contributed by atoms with van der Waals surface area (Å²) in [7, 11) is 0. The van der Waals surface area contributed by atoms with Crippen LogP contribution in [-0.2, 0) is 13.2 Å². The molecule has 0 saturated carbocycles. The normalized spacial score (nSPS) is 14.9. The van der Waals surface area contributed by atoms with Gasteiger partial charge in [-0.15, -0.1) is 5.10 Å². The maximum atomic E-state index is 5.92. The third-order valence-corrected chi connectivity index (χ3v) is 5.65. The number of aromatic nitrogens is 7. The summed E-state index contributed by atoms with van der Waals surface area (Å²) >= 11 is 0. The number of hydrogen-bond donors (Lipinski definition) is 3. The summed E-state index contributed by atoms with van der Waals surface area (Å²) in [6.45, 7) is 4.98. The number of aromatic amines is 1. The van der Waals surface area contributed by atoms with Gasteiger partial charge in [0.1, 0.15) is 18.1 Å². The van der Waals surface area contributed by atoms with Crippen molar-refractivity contribution in [3.63, 3.8) is 0 Å². The van der Waals surface area contributed by atoms with E-state index in [0.717, 1.165) is 24.5 Å². The van der Waals surface area contributed by atoms with Gasteiger partial charge in [-0.2, -0.15) is 15.0 Å². The number of pyridine rings is 1. The maximum Gasteiger partial charge on any atom is 0.181 e. The highest BCUT2D eigenvalue weighted by Gasteiger charge is 2.16. The van der Waals surface area contributed by atoms with E-state index in [2.05, 4.69) is 60.2 Å². The van der Waals surface area contributed by atoms with Gasteiger partial charge in [0, 0.05) is 6.07 Å². The second-order valence-electron chi connectivity index (χ2n) is 7.87. The third-order valence-electron chi connectivity index (χ3n) is 5.65. The Labute approximate surface area is 179 Å². The van der Waals surface area contributed by atoms with Gasteiger partial charge in [0.15, 0.2) is 16.9 Å². The molecular formula is C21H25N9O. The second kappa shape index (κ2) is 8.31. The Balaban J connectivity index is 1.29. The number of benzene rings is 1. The van der Waals surface area contributed by atoms with E-state index >= 15 is 0 Å². The highest BCUT2D eigenvalue weighted by atomic mass is 16.5. The van der Waals surface area contributed by atoms with Gasteiger partial charge in [0.2, 0.25) is 0 Å². The van der Waals surface area contributed by atoms with Crippen molar-refractivity contribution in [3.8, 4) is 5.75 Å². The number of nitrogens with one attached hydrogen (secondary N) is 2. The number of nitrogens with two attached hydrogens (primary N) is 1. The first-order valence-corrected chi connectivity index (χ1v) is 10.5. The topological polar surface area (TPSA) is 132 Å². The van der Waals surface area contributed by atoms with Crippen LogP contribution in [0.1, 0.15) is 41.3 Å². The van der Waals surface area contributed by atoms with Crippen LogP contribution in [0, 0.1) is 6.92 Å². The molecule has 4 aromatic rings. The van der Waals surface area contributed by atoms with E-state index in [4.69, 9.17) is 10.5 Å². The minimum atomic E-state index is 0.256. The predicted octanol–water partition coefficient (Wildman–Crippen LogP) is 1.93. The molecular weight excluding hydrogens is 394 g/mol. The Bertz CT molecular complexity index is 1190. The summed E-state index contributed by atoms with van der Waals surface area (Å²) in [5.41, 5.74) is 11.1. The molecule has 0 atom stereocenters. The molecule has 0 aliphatic carbocycles. The minimum Gasteiger partial charge on any atom is -0.485 e. The molecule has 0 spiro atoms. The van der Waals surface area contributed by atoms with Crippen LogP contribution in [0.3, 0.4) is 0 Å². The van der Waals surface area contributed by atoms with Gasteiger partial charge in [-0.05, 0) is 49.9 Å². The zero-order valence-corrected chi connectivity index (χ0v) is 17.4. The molecule has 1 aliphatic heterocycles. The molecule has 0 bridgehead atoms. The lowest BCUT2D eigenvalue weighted by atomic mass is 9.89. The molecule has 10 heteroatoms. The molecule has 3 aromatic heterocycles. The number of hydrogen-bond acceptors (Lipinski definition) is 8. The van der Waals surface area contributed by atoms with Crippen LogP contribution in [0.2, 0.25) is 0 Å². The predicted molar refractivity (Wildman–Crippen MR) is 116 cm³/mol. The van der Waals surface area contributed by atoms with Crippen LogP contribution in [0.15, 0.2) is 30.3 Å². The monoisotopic (exact) mass is 419 g/mol. The Morgan fingerprint density at radius 1 is 1.19 bits per heavy atom. The largest absolute Gasteiger partial charge is 0.485 e. The molecule has 0 radical (unpaired) electrons. The standard InChI is InChI=1S/C21H25N9O/c1-13-17(12-31-18-10-19(22)24-21-20(18)25-29-26-21)28-30(27-13)11-14-3-2-4-16(9-14)15-5-7-23-8-6-15/h2-4,9-10,15,23H,5-8,11-12H2,1H3,(H3,22,24,25,26,29). The van der Waals surface area contributed by atoms with Gasteiger partial charge in [0.25, 0.3) is 0 Å². The Morgan fingerprint density at radius 3 is 2.94 bits per heavy atom. The highest BCUT2D eigenvalue weighted by Crippen LogP contribution is 2.26. The maximum absolute atomic E-state index is 5.92. The number of rotatable bonds is 6. The van der Waals surface area contributed by atoms with Crippen LogP contribution >= 0.6 is 0 Å². The lowest BCUT2D eigenvalue weighted by Gasteiger charge is -2.23. The van der Waals surface area contributed by atoms with Gasteiger partial charge in [0.05, 0.1) is 12.2 Å². The van der Waals surface area contributed by atoms with Gasteiger partial charge in [-0.3, -0.25) is 0 Å². The van der Waals surface area contributed by atoms with E-state index in [0.29, 0.717) is 35.2 Å². The van der Waals surface area contributed by atoms with E-state index in [1.807, 2.05) is 6.92 Å². The highest BCUT2D eigenvalue weighted by molar-refractivity contribution is 5.78. The molecule has 0 amide bonds. The number of nitrogens with zero attached hydrogens (tertiary/aromatic N) is 6. The SMILES string of the molecule is Cc1nn(Cc2cccc(C3CCNCC3)c2)nc1COc1cc(N)nc2[nH]nnc12. The van der Waals surface area contributed by atoms with E-state index in [1.165, 1.54) is 24.0 Å². The van der Waals surface area contributed by atoms with Gasteiger partial charge in [-0.1, -0.05) is 29.5 Å². The zero-order chi connectivity index (χ0) is 21.2. The average Bonchev–Trinajstić information content (AvgIpc) is 3.39. The number of anilines is 1. The molecule has 5 rings (SSSR count). The van der Waals surface area contributed by atoms with Crippen molar-refractivity contribution < 1.29 is 4.74 Å². The minimum absolute atomic E-state index is 0.256. The summed E-state index contributed by atoms with van der Waals surface area (Å²) in [4.78, 5) is 5.87. The van der Waals surface area contributed by atoms with Gasteiger partial charge >= 0.3 is 0 Å². The van der Waals surface area contributed by atoms with E-state index in [9.17, 15) is 0 Å². The van der Waals surface area contributed by atoms with Crippen molar-refractivity contribution in [2.45, 2.75) is 38.8 Å². The fourth-order valence-electron chi connectivity index (χ4n) is 4.02. The summed E-state index contributed by atoms with van der Waals surface area (Å²) in [5, 5.41) is 23.1. The average molecular weight is 419 g/mol. The fraction of sp³-hybridized carbons (Fsp3) is 0.381. The van der Waals surface area contributed by atoms with Crippen molar-refractivity contribution in [2.75, 3.05) is 18.8 Å². The number of fused-ring (bicyclic) bond motifs is 1. The van der Waals surface area contributed by atoms with Crippen LogP contribution in [0.5, 0.6) is 5.75 Å². The number of ether oxygens (including phenoxy) is 1. The first kappa shape index (κ1) is 19.4. The van der Waals surface area contributed by atoms with Crippen LogP contribution in [0.4, 0.5) is 5.82 Å². The van der Waals surface area contributed by atoms with Crippen LogP contribution in [0.25, 0.3) is 11.2 Å². The molecule has 1 aromatic carbocycles. The zero-order valence-electron chi connectivity index (χ0n) is 17.4. The number of piperidine rings is 1. The van der Waals surface area contributed by atoms with Gasteiger partial charge < -0.3 is 15.8 Å². The van der Waals surface area contributed by atoms with Crippen molar-refractivity contribution in [3.05, 3.63) is 52.8 Å². The van der Waals surface area contributed by atoms with E-state index < -0.39 is 0 Å². The summed E-state index contributed by atoms with van der Waals surface area (Å²) in [6, 6.07) is 10.4. The second-order valence-corrected chi connectivity index (χ2v) is 7.87. The summed E-state index contributed by atoms with van der Waals surface area (Å²) in [5.74, 6) is 1.47. The molecule has 4 heterocycles. The van der Waals surface area contributed by atoms with Crippen molar-refractivity contribution in [1.82, 2.24) is 40.7 Å². The molecule has 0 unspecified atom stereocenters. The number of H-pyrrole nitrogens is 1. The summed E-state index contributed by atoms with van der Waals surface area (Å²) < 4.78 is 5.92. The molecule has 4 N–H and O–H groups in total. The lowest BCUT2D eigenvalue weighted by Crippen LogP contribution is -2.26. The Morgan fingerprint density at radius 2 is 2.06 bits per heavy atom. The smallest absolute Gasteiger partial charge is 0.181 e. The van der Waals surface area contributed by atoms with E-state index in [1.54, 1.807) is 10.9 Å². The van der Waals surface area contributed by atoms with Crippen molar-refractivity contribution in [1.29, 1.82) is 0 Å².